The molecule has 3 N–H and O–H groups in total. The molecule has 166 valence electrons. The van der Waals surface area contributed by atoms with Crippen molar-refractivity contribution in [1.82, 2.24) is 9.88 Å². The number of nitrogens with one attached hydrogen (secondary N) is 2. The van der Waals surface area contributed by atoms with E-state index in [9.17, 15) is 14.7 Å². The number of phenols is 1. The van der Waals surface area contributed by atoms with Gasteiger partial charge < -0.3 is 20.3 Å². The van der Waals surface area contributed by atoms with E-state index in [-0.39, 0.29) is 47.7 Å². The second-order valence-electron chi connectivity index (χ2n) is 7.61. The lowest BCUT2D eigenvalue weighted by Crippen LogP contribution is -2.37. The van der Waals surface area contributed by atoms with E-state index in [1.165, 1.54) is 0 Å². The van der Waals surface area contributed by atoms with Crippen LogP contribution in [0.3, 0.4) is 0 Å². The Labute approximate surface area is 189 Å². The van der Waals surface area contributed by atoms with Crippen molar-refractivity contribution in [2.45, 2.75) is 52.0 Å². The molecule has 6 nitrogen and oxygen atoms in total. The van der Waals surface area contributed by atoms with Crippen molar-refractivity contribution in [2.24, 2.45) is 0 Å². The van der Waals surface area contributed by atoms with Gasteiger partial charge in [-0.2, -0.15) is 0 Å². The molecule has 3 rings (SSSR count). The van der Waals surface area contributed by atoms with Crippen molar-refractivity contribution >= 4 is 36.4 Å². The van der Waals surface area contributed by atoms with Crippen molar-refractivity contribution in [3.05, 3.63) is 57.5 Å². The van der Waals surface area contributed by atoms with Crippen LogP contribution in [0.5, 0.6) is 5.75 Å². The third kappa shape index (κ3) is 5.56. The molecule has 0 radical (unpaired) electrons. The summed E-state index contributed by atoms with van der Waals surface area (Å²) in [6, 6.07) is 7.14. The number of hydrogen-bond acceptors (Lipinski definition) is 4. The highest BCUT2D eigenvalue weighted by atomic mass is 35.5. The Kier molecular flexibility index (Phi) is 9.88. The van der Waals surface area contributed by atoms with Crippen LogP contribution in [0.15, 0.2) is 35.3 Å². The Bertz CT molecular complexity index is 924. The minimum absolute atomic E-state index is 0. The minimum Gasteiger partial charge on any atom is -0.506 e. The maximum Gasteiger partial charge on any atom is 0.263 e. The summed E-state index contributed by atoms with van der Waals surface area (Å²) < 4.78 is 1.68. The topological polar surface area (TPSA) is 83.4 Å². The first kappa shape index (κ1) is 26.0. The van der Waals surface area contributed by atoms with E-state index in [0.29, 0.717) is 17.2 Å². The average Bonchev–Trinajstić information content (AvgIpc) is 2.70. The van der Waals surface area contributed by atoms with Crippen LogP contribution in [-0.4, -0.2) is 28.7 Å². The number of phenolic OH excluding ortho intramolecular Hbond substituents is 1. The number of hydrogen-bond donors (Lipinski definition) is 3. The van der Waals surface area contributed by atoms with Gasteiger partial charge in [-0.05, 0) is 74.5 Å². The number of aryl methyl sites for hydroxylation is 1. The highest BCUT2D eigenvalue weighted by Gasteiger charge is 2.22. The fraction of sp³-hybridized carbons (Fsp3) is 0.455. The molecule has 2 heterocycles. The van der Waals surface area contributed by atoms with Crippen molar-refractivity contribution in [2.75, 3.05) is 18.4 Å². The number of nitrogens with zero attached hydrogens (tertiary/aromatic N) is 1. The molecule has 1 atom stereocenters. The number of rotatable bonds is 5. The molecule has 1 unspecified atom stereocenters. The molecule has 1 aromatic carbocycles. The molecule has 1 aliphatic rings. The second-order valence-corrected chi connectivity index (χ2v) is 7.61. The molecule has 0 bridgehead atoms. The smallest absolute Gasteiger partial charge is 0.263 e. The van der Waals surface area contributed by atoms with Gasteiger partial charge in [0.2, 0.25) is 0 Å². The highest BCUT2D eigenvalue weighted by Crippen LogP contribution is 2.29. The van der Waals surface area contributed by atoms with E-state index >= 15 is 0 Å². The Hall–Kier alpha value is -2.02. The first-order chi connectivity index (χ1) is 13.4. The number of amides is 1. The number of anilines is 1. The molecular weight excluding hydrogens is 425 g/mol. The van der Waals surface area contributed by atoms with Crippen LogP contribution >= 0.6 is 24.8 Å². The van der Waals surface area contributed by atoms with E-state index < -0.39 is 5.91 Å². The lowest BCUT2D eigenvalue weighted by atomic mass is 9.98. The Morgan fingerprint density at radius 1 is 1.27 bits per heavy atom. The van der Waals surface area contributed by atoms with Crippen LogP contribution < -0.4 is 16.2 Å². The van der Waals surface area contributed by atoms with E-state index in [1.54, 1.807) is 29.8 Å². The molecule has 1 aromatic heterocycles. The molecule has 1 saturated heterocycles. The number of aromatic nitrogens is 1. The predicted molar refractivity (Wildman–Crippen MR) is 126 cm³/mol. The van der Waals surface area contributed by atoms with E-state index in [0.717, 1.165) is 37.9 Å². The quantitative estimate of drug-likeness (QED) is 0.583. The van der Waals surface area contributed by atoms with Gasteiger partial charge in [-0.15, -0.1) is 24.8 Å². The zero-order chi connectivity index (χ0) is 20.3. The molecule has 2 aromatic rings. The Morgan fingerprint density at radius 3 is 2.57 bits per heavy atom. The average molecular weight is 456 g/mol. The number of pyridine rings is 1. The number of piperidine rings is 1. The zero-order valence-electron chi connectivity index (χ0n) is 17.6. The summed E-state index contributed by atoms with van der Waals surface area (Å²) in [5.41, 5.74) is 1.85. The summed E-state index contributed by atoms with van der Waals surface area (Å²) in [6.45, 7) is 7.67. The number of halogens is 2. The fourth-order valence-corrected chi connectivity index (χ4v) is 3.67. The predicted octanol–water partition coefficient (Wildman–Crippen LogP) is 4.40. The van der Waals surface area contributed by atoms with E-state index in [4.69, 9.17) is 0 Å². The van der Waals surface area contributed by atoms with Gasteiger partial charge in [-0.25, -0.2) is 0 Å². The maximum atomic E-state index is 13.0. The largest absolute Gasteiger partial charge is 0.506 e. The summed E-state index contributed by atoms with van der Waals surface area (Å²) in [6.07, 6.45) is 4.46. The Balaban J connectivity index is 0.00000225. The molecular formula is C22H31Cl2N3O3. The van der Waals surface area contributed by atoms with Gasteiger partial charge >= 0.3 is 0 Å². The lowest BCUT2D eigenvalue weighted by molar-refractivity contribution is 0.102. The van der Waals surface area contributed by atoms with Crippen LogP contribution in [0, 0.1) is 6.92 Å². The van der Waals surface area contributed by atoms with Gasteiger partial charge in [0.1, 0.15) is 11.3 Å². The summed E-state index contributed by atoms with van der Waals surface area (Å²) in [5, 5.41) is 16.2. The number of aromatic hydroxyl groups is 1. The fourth-order valence-electron chi connectivity index (χ4n) is 3.67. The normalized spacial score (nSPS) is 14.9. The monoisotopic (exact) mass is 455 g/mol. The number of carbonyl (C=O) groups is 1. The van der Waals surface area contributed by atoms with Crippen LogP contribution in [-0.2, 0) is 0 Å². The van der Waals surface area contributed by atoms with Gasteiger partial charge in [-0.3, -0.25) is 9.59 Å². The van der Waals surface area contributed by atoms with Crippen LogP contribution in [0.4, 0.5) is 5.69 Å². The van der Waals surface area contributed by atoms with E-state index in [2.05, 4.69) is 24.5 Å². The maximum absolute atomic E-state index is 13.0. The van der Waals surface area contributed by atoms with E-state index in [1.807, 2.05) is 12.1 Å². The van der Waals surface area contributed by atoms with Crippen molar-refractivity contribution in [1.29, 1.82) is 0 Å². The molecule has 0 spiro atoms. The number of benzene rings is 1. The SMILES string of the molecule is CCC(C)c1ccc(O)c(NC(=O)c2c(C)ccn(C3CCNCC3)c2=O)c1.Cl.Cl. The standard InChI is InChI=1S/C22H29N3O3.2ClH/c1-4-14(2)16-5-6-19(26)18(13-16)24-21(27)20-15(3)9-12-25(22(20)28)17-7-10-23-11-8-17;;/h5-6,9,12-14,17,23,26H,4,7-8,10-11H2,1-3H3,(H,24,27);2*1H. The molecule has 8 heteroatoms. The van der Waals surface area contributed by atoms with Crippen LogP contribution in [0.1, 0.15) is 66.6 Å². The molecule has 1 fully saturated rings. The van der Waals surface area contributed by atoms with Gasteiger partial charge in [0.25, 0.3) is 11.5 Å². The molecule has 1 amide bonds. The third-order valence-corrected chi connectivity index (χ3v) is 5.71. The lowest BCUT2D eigenvalue weighted by Gasteiger charge is -2.25. The third-order valence-electron chi connectivity index (χ3n) is 5.71. The first-order valence-electron chi connectivity index (χ1n) is 9.99. The van der Waals surface area contributed by atoms with Crippen molar-refractivity contribution in [3.8, 4) is 5.75 Å². The van der Waals surface area contributed by atoms with Crippen molar-refractivity contribution < 1.29 is 9.90 Å². The molecule has 30 heavy (non-hydrogen) atoms. The highest BCUT2D eigenvalue weighted by molar-refractivity contribution is 6.05. The Morgan fingerprint density at radius 2 is 1.93 bits per heavy atom. The van der Waals surface area contributed by atoms with Gasteiger partial charge in [0, 0.05) is 12.2 Å². The van der Waals surface area contributed by atoms with Crippen LogP contribution in [0.25, 0.3) is 0 Å². The summed E-state index contributed by atoms with van der Waals surface area (Å²) in [4.78, 5) is 26.0. The second kappa shape index (κ2) is 11.4. The van der Waals surface area contributed by atoms with Crippen molar-refractivity contribution in [3.63, 3.8) is 0 Å². The van der Waals surface area contributed by atoms with Gasteiger partial charge in [-0.1, -0.05) is 19.9 Å². The molecule has 0 aliphatic carbocycles. The van der Waals surface area contributed by atoms with Crippen LogP contribution in [0.2, 0.25) is 0 Å². The summed E-state index contributed by atoms with van der Waals surface area (Å²) in [7, 11) is 0. The van der Waals surface area contributed by atoms with Gasteiger partial charge in [0.05, 0.1) is 5.69 Å². The van der Waals surface area contributed by atoms with Gasteiger partial charge in [0.15, 0.2) is 0 Å². The molecule has 1 aliphatic heterocycles. The minimum atomic E-state index is -0.484. The zero-order valence-corrected chi connectivity index (χ0v) is 19.2. The number of carbonyl (C=O) groups excluding carboxylic acids is 1. The summed E-state index contributed by atoms with van der Waals surface area (Å²) in [5.74, 6) is -0.179. The first-order valence-corrected chi connectivity index (χ1v) is 9.99. The summed E-state index contributed by atoms with van der Waals surface area (Å²) >= 11 is 0. The molecule has 0 saturated carbocycles.